The molecule has 0 aliphatic rings. The number of H-pyrrole nitrogens is 1. The van der Waals surface area contributed by atoms with Crippen LogP contribution in [-0.4, -0.2) is 25.8 Å². The Balaban J connectivity index is 2.80. The summed E-state index contributed by atoms with van der Waals surface area (Å²) in [6.45, 7) is 0. The molecule has 1 aromatic heterocycles. The van der Waals surface area contributed by atoms with Crippen LogP contribution < -0.4 is 10.3 Å². The Bertz CT molecular complexity index is 457. The predicted octanol–water partition coefficient (Wildman–Crippen LogP) is 0.594. The summed E-state index contributed by atoms with van der Waals surface area (Å²) in [5, 5.41) is 0.759. The second-order valence-corrected chi connectivity index (χ2v) is 4.17. The fraction of sp³-hybridized carbons (Fsp3) is 0.125. The van der Waals surface area contributed by atoms with Gasteiger partial charge in [-0.1, -0.05) is 0 Å². The molecule has 0 unspecified atom stereocenters. The van der Waals surface area contributed by atoms with E-state index in [0.29, 0.717) is 0 Å². The van der Waals surface area contributed by atoms with Gasteiger partial charge in [0.05, 0.1) is 0 Å². The second kappa shape index (κ2) is 2.81. The molecule has 0 saturated heterocycles. The van der Waals surface area contributed by atoms with Gasteiger partial charge in [0.2, 0.25) is 0 Å². The van der Waals surface area contributed by atoms with Gasteiger partial charge in [-0.15, -0.1) is 0 Å². The number of nitrogens with one attached hydrogen (secondary N) is 1. The normalized spacial score (nSPS) is 10.4. The molecule has 0 atom stereocenters. The third-order valence-electron chi connectivity index (χ3n) is 1.69. The Morgan fingerprint density at radius 1 is 1.50 bits per heavy atom. The average molecular weight is 228 g/mol. The topological polar surface area (TPSA) is 42.1 Å². The summed E-state index contributed by atoms with van der Waals surface area (Å²) in [7, 11) is 1.60. The zero-order chi connectivity index (χ0) is 8.55. The first-order chi connectivity index (χ1) is 5.81. The fourth-order valence-electron chi connectivity index (χ4n) is 1.06. The Labute approximate surface area is 75.0 Å². The average Bonchev–Trinajstić information content (AvgIpc) is 2.47. The van der Waals surface area contributed by atoms with Gasteiger partial charge in [0.25, 0.3) is 0 Å². The summed E-state index contributed by atoms with van der Waals surface area (Å²) in [5.74, 6) is 0.738. The van der Waals surface area contributed by atoms with Crippen LogP contribution in [0.1, 0.15) is 0 Å². The minimum absolute atomic E-state index is 0.0175. The monoisotopic (exact) mass is 229 g/mol. The molecule has 0 bridgehead atoms. The van der Waals surface area contributed by atoms with Crippen molar-refractivity contribution in [2.45, 2.75) is 0 Å². The van der Waals surface area contributed by atoms with Crippen molar-refractivity contribution >= 4 is 24.4 Å². The van der Waals surface area contributed by atoms with Crippen LogP contribution in [0.25, 0.3) is 9.65 Å². The zero-order valence-electron chi connectivity index (χ0n) is 6.46. The number of rotatable bonds is 1. The standard InChI is InChI=1S/C8H7NO2Se/c1-11-5-2-3-7-6(4-5)8(10)9-12-7/h2-4H,1H3,(H,9,10). The van der Waals surface area contributed by atoms with Gasteiger partial charge >= 0.3 is 74.5 Å². The van der Waals surface area contributed by atoms with E-state index in [1.807, 2.05) is 12.1 Å². The number of benzene rings is 1. The number of ether oxygens (including phenoxy) is 1. The van der Waals surface area contributed by atoms with Crippen LogP contribution in [0, 0.1) is 0 Å². The van der Waals surface area contributed by atoms with Crippen molar-refractivity contribution in [1.82, 2.24) is 3.98 Å². The molecule has 0 aliphatic carbocycles. The maximum atomic E-state index is 11.2. The van der Waals surface area contributed by atoms with Crippen molar-refractivity contribution in [2.75, 3.05) is 7.11 Å². The molecule has 1 heterocycles. The van der Waals surface area contributed by atoms with Crippen molar-refractivity contribution in [2.24, 2.45) is 0 Å². The van der Waals surface area contributed by atoms with Crippen molar-refractivity contribution < 1.29 is 4.74 Å². The van der Waals surface area contributed by atoms with Crippen LogP contribution in [0.5, 0.6) is 5.75 Å². The van der Waals surface area contributed by atoms with Gasteiger partial charge in [0, 0.05) is 0 Å². The molecule has 2 aromatic rings. The van der Waals surface area contributed by atoms with Crippen LogP contribution in [0.15, 0.2) is 23.0 Å². The van der Waals surface area contributed by atoms with Crippen molar-refractivity contribution in [1.29, 1.82) is 0 Å². The van der Waals surface area contributed by atoms with E-state index < -0.39 is 0 Å². The molecule has 3 nitrogen and oxygen atoms in total. The molecular weight excluding hydrogens is 221 g/mol. The van der Waals surface area contributed by atoms with E-state index in [0.717, 1.165) is 15.4 Å². The van der Waals surface area contributed by atoms with Crippen LogP contribution in [-0.2, 0) is 0 Å². The zero-order valence-corrected chi connectivity index (χ0v) is 8.17. The molecule has 62 valence electrons. The molecule has 0 saturated carbocycles. The van der Waals surface area contributed by atoms with E-state index in [1.54, 1.807) is 13.2 Å². The SMILES string of the molecule is COc1ccc2[se][nH]c(=O)c2c1. The Kier molecular flexibility index (Phi) is 1.79. The molecule has 0 aliphatic heterocycles. The summed E-state index contributed by atoms with van der Waals surface area (Å²) >= 11 is 0.110. The molecule has 0 spiro atoms. The third kappa shape index (κ3) is 1.09. The fourth-order valence-corrected chi connectivity index (χ4v) is 2.55. The Morgan fingerprint density at radius 2 is 2.33 bits per heavy atom. The summed E-state index contributed by atoms with van der Waals surface area (Å²) < 4.78 is 8.92. The van der Waals surface area contributed by atoms with Crippen LogP contribution in [0.2, 0.25) is 0 Å². The molecule has 1 N–H and O–H groups in total. The van der Waals surface area contributed by atoms with Crippen LogP contribution >= 0.6 is 0 Å². The van der Waals surface area contributed by atoms with E-state index >= 15 is 0 Å². The first-order valence-corrected chi connectivity index (χ1v) is 5.18. The van der Waals surface area contributed by atoms with E-state index in [1.165, 1.54) is 0 Å². The summed E-state index contributed by atoms with van der Waals surface area (Å²) in [5.41, 5.74) is 0.0175. The number of aromatic nitrogens is 1. The minimum atomic E-state index is 0.0175. The number of fused-ring (bicyclic) bond motifs is 1. The summed E-state index contributed by atoms with van der Waals surface area (Å²) in [6.07, 6.45) is 0. The number of hydrogen-bond acceptors (Lipinski definition) is 2. The van der Waals surface area contributed by atoms with Gasteiger partial charge in [0.15, 0.2) is 0 Å². The van der Waals surface area contributed by atoms with Crippen molar-refractivity contribution in [3.05, 3.63) is 28.6 Å². The van der Waals surface area contributed by atoms with Gasteiger partial charge in [-0.05, 0) is 0 Å². The van der Waals surface area contributed by atoms with E-state index in [-0.39, 0.29) is 20.3 Å². The van der Waals surface area contributed by atoms with Crippen molar-refractivity contribution in [3.8, 4) is 5.75 Å². The first-order valence-electron chi connectivity index (χ1n) is 3.46. The van der Waals surface area contributed by atoms with E-state index in [2.05, 4.69) is 3.98 Å². The van der Waals surface area contributed by atoms with Gasteiger partial charge in [0.1, 0.15) is 0 Å². The molecule has 2 rings (SSSR count). The van der Waals surface area contributed by atoms with Gasteiger partial charge in [-0.25, -0.2) is 0 Å². The number of aromatic amines is 1. The first kappa shape index (κ1) is 7.65. The third-order valence-corrected chi connectivity index (χ3v) is 3.50. The van der Waals surface area contributed by atoms with Crippen LogP contribution in [0.4, 0.5) is 0 Å². The Hall–Kier alpha value is -0.991. The second-order valence-electron chi connectivity index (χ2n) is 2.40. The molecule has 12 heavy (non-hydrogen) atoms. The number of hydrogen-bond donors (Lipinski definition) is 1. The maximum absolute atomic E-state index is 11.2. The Morgan fingerprint density at radius 3 is 3.08 bits per heavy atom. The molecule has 0 amide bonds. The molecule has 0 fully saturated rings. The van der Waals surface area contributed by atoms with E-state index in [4.69, 9.17) is 4.74 Å². The molecule has 4 heteroatoms. The number of methoxy groups -OCH3 is 1. The van der Waals surface area contributed by atoms with Crippen LogP contribution in [0.3, 0.4) is 0 Å². The molecular formula is C8H7NO2Se. The summed E-state index contributed by atoms with van der Waals surface area (Å²) in [6, 6.07) is 5.59. The van der Waals surface area contributed by atoms with Gasteiger partial charge in [-0.2, -0.15) is 0 Å². The van der Waals surface area contributed by atoms with Crippen molar-refractivity contribution in [3.63, 3.8) is 0 Å². The van der Waals surface area contributed by atoms with Gasteiger partial charge < -0.3 is 0 Å². The van der Waals surface area contributed by atoms with E-state index in [9.17, 15) is 4.79 Å². The quantitative estimate of drug-likeness (QED) is 0.726. The summed E-state index contributed by atoms with van der Waals surface area (Å²) in [4.78, 5) is 11.2. The molecule has 0 radical (unpaired) electrons. The molecule has 1 aromatic carbocycles. The predicted molar refractivity (Wildman–Crippen MR) is 48.1 cm³/mol. The van der Waals surface area contributed by atoms with Gasteiger partial charge in [-0.3, -0.25) is 0 Å².